The zero-order valence-electron chi connectivity index (χ0n) is 20.9. The Morgan fingerprint density at radius 2 is 1.10 bits per heavy atom. The Morgan fingerprint density at radius 1 is 0.462 bits per heavy atom. The van der Waals surface area contributed by atoms with Gasteiger partial charge in [-0.3, -0.25) is 0 Å². The van der Waals surface area contributed by atoms with Gasteiger partial charge in [0.1, 0.15) is 5.58 Å². The number of hydrogen-bond acceptors (Lipinski definition) is 2. The van der Waals surface area contributed by atoms with Crippen LogP contribution in [0.25, 0.3) is 54.3 Å². The Hall–Kier alpha value is -4.79. The lowest BCUT2D eigenvalue weighted by Crippen LogP contribution is -2.11. The van der Waals surface area contributed by atoms with Crippen LogP contribution in [0.15, 0.2) is 138 Å². The summed E-state index contributed by atoms with van der Waals surface area (Å²) in [4.78, 5) is 2.37. The second kappa shape index (κ2) is 8.62. The summed E-state index contributed by atoms with van der Waals surface area (Å²) < 4.78 is 6.57. The number of rotatable bonds is 3. The summed E-state index contributed by atoms with van der Waals surface area (Å²) >= 11 is 6.81. The van der Waals surface area contributed by atoms with Crippen LogP contribution < -0.4 is 4.90 Å². The van der Waals surface area contributed by atoms with Crippen molar-refractivity contribution in [3.63, 3.8) is 0 Å². The maximum atomic E-state index is 6.81. The fourth-order valence-corrected chi connectivity index (χ4v) is 6.21. The van der Waals surface area contributed by atoms with Gasteiger partial charge in [0.05, 0.1) is 16.4 Å². The SMILES string of the molecule is Clc1cc2ccccc2c2c1oc1c3ccccc3c(N(c3ccccc3)c3cccc4ccccc34)cc12. The van der Waals surface area contributed by atoms with E-state index in [1.54, 1.807) is 0 Å². The Bertz CT molecular complexity index is 2190. The molecule has 7 aromatic carbocycles. The van der Waals surface area contributed by atoms with Gasteiger partial charge in [-0.15, -0.1) is 0 Å². The third-order valence-corrected chi connectivity index (χ3v) is 7.95. The molecular weight excluding hydrogens is 498 g/mol. The average Bonchev–Trinajstić information content (AvgIpc) is 3.39. The van der Waals surface area contributed by atoms with Crippen molar-refractivity contribution in [1.82, 2.24) is 0 Å². The van der Waals surface area contributed by atoms with E-state index >= 15 is 0 Å². The largest absolute Gasteiger partial charge is 0.454 e. The Kier molecular flexibility index (Phi) is 4.91. The highest BCUT2D eigenvalue weighted by atomic mass is 35.5. The van der Waals surface area contributed by atoms with Crippen LogP contribution in [-0.2, 0) is 0 Å². The Morgan fingerprint density at radius 3 is 1.92 bits per heavy atom. The van der Waals surface area contributed by atoms with Gasteiger partial charge in [0.25, 0.3) is 0 Å². The molecule has 0 aliphatic carbocycles. The minimum atomic E-state index is 0.625. The lowest BCUT2D eigenvalue weighted by Gasteiger charge is -2.28. The molecule has 0 bridgehead atoms. The van der Waals surface area contributed by atoms with Gasteiger partial charge in [-0.25, -0.2) is 0 Å². The van der Waals surface area contributed by atoms with Crippen molar-refractivity contribution in [3.8, 4) is 0 Å². The fraction of sp³-hybridized carbons (Fsp3) is 0. The zero-order valence-corrected chi connectivity index (χ0v) is 21.7. The van der Waals surface area contributed by atoms with E-state index in [4.69, 9.17) is 16.0 Å². The van der Waals surface area contributed by atoms with E-state index in [2.05, 4.69) is 126 Å². The molecule has 0 spiro atoms. The maximum Gasteiger partial charge on any atom is 0.154 e. The smallest absolute Gasteiger partial charge is 0.154 e. The van der Waals surface area contributed by atoms with Gasteiger partial charge in [0, 0.05) is 32.6 Å². The Balaban J connectivity index is 1.56. The summed E-state index contributed by atoms with van der Waals surface area (Å²) in [5.41, 5.74) is 4.89. The molecule has 3 heteroatoms. The zero-order chi connectivity index (χ0) is 25.9. The van der Waals surface area contributed by atoms with Crippen LogP contribution in [0.5, 0.6) is 0 Å². The highest BCUT2D eigenvalue weighted by molar-refractivity contribution is 6.39. The highest BCUT2D eigenvalue weighted by Crippen LogP contribution is 2.47. The van der Waals surface area contributed by atoms with E-state index in [-0.39, 0.29) is 0 Å². The van der Waals surface area contributed by atoms with Gasteiger partial charge in [-0.1, -0.05) is 115 Å². The molecule has 0 aliphatic rings. The first kappa shape index (κ1) is 22.2. The van der Waals surface area contributed by atoms with Crippen LogP contribution in [0, 0.1) is 0 Å². The first-order chi connectivity index (χ1) is 19.3. The van der Waals surface area contributed by atoms with Gasteiger partial charge >= 0.3 is 0 Å². The molecule has 2 nitrogen and oxygen atoms in total. The van der Waals surface area contributed by atoms with Crippen molar-refractivity contribution >= 4 is 82.9 Å². The van der Waals surface area contributed by atoms with Crippen molar-refractivity contribution < 1.29 is 4.42 Å². The highest BCUT2D eigenvalue weighted by Gasteiger charge is 2.22. The molecule has 39 heavy (non-hydrogen) atoms. The fourth-order valence-electron chi connectivity index (χ4n) is 5.96. The third kappa shape index (κ3) is 3.35. The van der Waals surface area contributed by atoms with Crippen molar-refractivity contribution in [3.05, 3.63) is 138 Å². The number of hydrogen-bond donors (Lipinski definition) is 0. The lowest BCUT2D eigenvalue weighted by atomic mass is 9.99. The number of benzene rings is 7. The number of para-hydroxylation sites is 1. The molecule has 0 unspecified atom stereocenters. The molecular formula is C36H22ClNO. The molecule has 0 saturated carbocycles. The van der Waals surface area contributed by atoms with Crippen molar-refractivity contribution in [2.24, 2.45) is 0 Å². The molecule has 0 saturated heterocycles. The number of halogens is 1. The van der Waals surface area contributed by atoms with E-state index in [1.807, 2.05) is 12.1 Å². The van der Waals surface area contributed by atoms with E-state index in [0.717, 1.165) is 60.5 Å². The molecule has 0 atom stereocenters. The summed E-state index contributed by atoms with van der Waals surface area (Å²) in [7, 11) is 0. The van der Waals surface area contributed by atoms with Gasteiger partial charge < -0.3 is 9.32 Å². The van der Waals surface area contributed by atoms with Crippen LogP contribution in [0.3, 0.4) is 0 Å². The second-order valence-corrected chi connectivity index (χ2v) is 10.3. The van der Waals surface area contributed by atoms with Crippen LogP contribution in [0.4, 0.5) is 17.1 Å². The quantitative estimate of drug-likeness (QED) is 0.231. The summed E-state index contributed by atoms with van der Waals surface area (Å²) in [6, 6.07) is 46.8. The monoisotopic (exact) mass is 519 g/mol. The first-order valence-electron chi connectivity index (χ1n) is 13.1. The lowest BCUT2D eigenvalue weighted by molar-refractivity contribution is 0.673. The van der Waals surface area contributed by atoms with Gasteiger partial charge in [-0.2, -0.15) is 0 Å². The average molecular weight is 520 g/mol. The topological polar surface area (TPSA) is 16.4 Å². The Labute approximate surface area is 230 Å². The van der Waals surface area contributed by atoms with Gasteiger partial charge in [0.2, 0.25) is 0 Å². The molecule has 0 aliphatic heterocycles. The number of anilines is 3. The summed E-state index contributed by atoms with van der Waals surface area (Å²) in [6.07, 6.45) is 0. The van der Waals surface area contributed by atoms with Gasteiger partial charge in [-0.05, 0) is 46.5 Å². The molecule has 8 aromatic rings. The number of fused-ring (bicyclic) bond motifs is 8. The molecule has 0 N–H and O–H groups in total. The van der Waals surface area contributed by atoms with Crippen molar-refractivity contribution in [1.29, 1.82) is 0 Å². The summed E-state index contributed by atoms with van der Waals surface area (Å²) in [5.74, 6) is 0. The van der Waals surface area contributed by atoms with Crippen LogP contribution in [0.1, 0.15) is 0 Å². The van der Waals surface area contributed by atoms with E-state index in [0.29, 0.717) is 5.02 Å². The third-order valence-electron chi connectivity index (χ3n) is 7.67. The van der Waals surface area contributed by atoms with Gasteiger partial charge in [0.15, 0.2) is 5.58 Å². The predicted octanol–water partition coefficient (Wildman–Crippen LogP) is 11.2. The van der Waals surface area contributed by atoms with Crippen molar-refractivity contribution in [2.45, 2.75) is 0 Å². The molecule has 0 fully saturated rings. The molecule has 0 radical (unpaired) electrons. The first-order valence-corrected chi connectivity index (χ1v) is 13.4. The molecule has 1 heterocycles. The van der Waals surface area contributed by atoms with Crippen LogP contribution in [-0.4, -0.2) is 0 Å². The molecule has 8 rings (SSSR count). The van der Waals surface area contributed by atoms with E-state index in [9.17, 15) is 0 Å². The minimum absolute atomic E-state index is 0.625. The molecule has 0 amide bonds. The molecule has 1 aromatic heterocycles. The summed E-state index contributed by atoms with van der Waals surface area (Å²) in [5, 5.41) is 9.52. The van der Waals surface area contributed by atoms with E-state index < -0.39 is 0 Å². The van der Waals surface area contributed by atoms with Crippen molar-refractivity contribution in [2.75, 3.05) is 4.90 Å². The van der Waals surface area contributed by atoms with E-state index in [1.165, 1.54) is 10.8 Å². The standard InChI is InChI=1S/C36H22ClNO/c37-31-21-24-12-5-7-17-27(24)34-30-22-33(28-18-8-9-19-29(28)35(30)39-36(31)34)38(25-14-2-1-3-15-25)32-20-10-13-23-11-4-6-16-26(23)32/h1-22H. The number of nitrogens with zero attached hydrogens (tertiary/aromatic N) is 1. The number of furan rings is 1. The normalized spacial score (nSPS) is 11.7. The maximum absolute atomic E-state index is 6.81. The summed E-state index contributed by atoms with van der Waals surface area (Å²) in [6.45, 7) is 0. The van der Waals surface area contributed by atoms with Crippen LogP contribution in [0.2, 0.25) is 5.02 Å². The second-order valence-electron chi connectivity index (χ2n) is 9.87. The van der Waals surface area contributed by atoms with Crippen LogP contribution >= 0.6 is 11.6 Å². The molecule has 184 valence electrons. The predicted molar refractivity (Wildman–Crippen MR) is 166 cm³/mol. The minimum Gasteiger partial charge on any atom is -0.454 e.